The molecule has 0 aromatic carbocycles. The highest BCUT2D eigenvalue weighted by molar-refractivity contribution is 14.0. The Morgan fingerprint density at radius 2 is 2.15 bits per heavy atom. The number of aryl methyl sites for hydroxylation is 1. The number of hydrogen-bond donors (Lipinski definition) is 2. The summed E-state index contributed by atoms with van der Waals surface area (Å²) in [5.41, 5.74) is 0. The van der Waals surface area contributed by atoms with Crippen LogP contribution in [0.3, 0.4) is 0 Å². The summed E-state index contributed by atoms with van der Waals surface area (Å²) in [6, 6.07) is 4.87. The molecule has 1 saturated carbocycles. The van der Waals surface area contributed by atoms with Gasteiger partial charge in [-0.25, -0.2) is 4.99 Å². The largest absolute Gasteiger partial charge is 0.356 e. The summed E-state index contributed by atoms with van der Waals surface area (Å²) in [5, 5.41) is 17.6. The van der Waals surface area contributed by atoms with Crippen molar-refractivity contribution in [1.82, 2.24) is 25.4 Å². The summed E-state index contributed by atoms with van der Waals surface area (Å²) in [5.74, 6) is 3.26. The van der Waals surface area contributed by atoms with Crippen LogP contribution in [0.4, 0.5) is 0 Å². The lowest BCUT2D eigenvalue weighted by molar-refractivity contribution is 0.547. The molecule has 0 amide bonds. The maximum atomic E-state index is 4.77. The van der Waals surface area contributed by atoms with Crippen LogP contribution in [-0.2, 0) is 20.0 Å². The molecule has 150 valence electrons. The molecule has 2 N–H and O–H groups in total. The molecule has 0 spiro atoms. The van der Waals surface area contributed by atoms with Crippen molar-refractivity contribution < 1.29 is 0 Å². The van der Waals surface area contributed by atoms with Crippen LogP contribution in [0.25, 0.3) is 0 Å². The van der Waals surface area contributed by atoms with Crippen LogP contribution in [0, 0.1) is 12.8 Å². The first-order valence-corrected chi connectivity index (χ1v) is 10.4. The average Bonchev–Trinajstić information content (AvgIpc) is 3.37. The van der Waals surface area contributed by atoms with E-state index in [4.69, 9.17) is 4.99 Å². The van der Waals surface area contributed by atoms with Crippen molar-refractivity contribution >= 4 is 41.3 Å². The Hall–Kier alpha value is -1.16. The van der Waals surface area contributed by atoms with Crippen molar-refractivity contribution in [1.29, 1.82) is 0 Å². The second kappa shape index (κ2) is 11.0. The number of thiophene rings is 1. The number of nitrogens with zero attached hydrogens (tertiary/aromatic N) is 4. The molecular formula is C19H31IN6S. The number of halogens is 1. The summed E-state index contributed by atoms with van der Waals surface area (Å²) in [4.78, 5) is 6.22. The topological polar surface area (TPSA) is 67.1 Å². The van der Waals surface area contributed by atoms with Crippen LogP contribution in [0.1, 0.15) is 49.1 Å². The fourth-order valence-electron chi connectivity index (χ4n) is 3.27. The van der Waals surface area contributed by atoms with Gasteiger partial charge in [-0.3, -0.25) is 0 Å². The van der Waals surface area contributed by atoms with Gasteiger partial charge in [0, 0.05) is 24.5 Å². The maximum Gasteiger partial charge on any atom is 0.191 e. The molecule has 8 heteroatoms. The minimum Gasteiger partial charge on any atom is -0.356 e. The molecule has 1 atom stereocenters. The van der Waals surface area contributed by atoms with Gasteiger partial charge in [-0.15, -0.1) is 45.5 Å². The standard InChI is InChI=1S/C19H30N6S.HI/c1-14(11-17-9-6-10-26-17)12-20-19(22-16-7-4-5-8-16)21-13-18-24-23-15(2)25(18)3;/h6,9-10,14,16H,4-5,7-8,11-13H2,1-3H3,(H2,20,21,22);1H. The molecule has 2 aromatic rings. The number of aliphatic imine (C=N–C) groups is 1. The molecule has 6 nitrogen and oxygen atoms in total. The van der Waals surface area contributed by atoms with Gasteiger partial charge in [0.1, 0.15) is 12.4 Å². The third-order valence-corrected chi connectivity index (χ3v) is 5.90. The summed E-state index contributed by atoms with van der Waals surface area (Å²) >= 11 is 1.83. The fraction of sp³-hybridized carbons (Fsp3) is 0.632. The summed E-state index contributed by atoms with van der Waals surface area (Å²) in [6.07, 6.45) is 6.18. The van der Waals surface area contributed by atoms with E-state index in [0.29, 0.717) is 18.5 Å². The zero-order chi connectivity index (χ0) is 18.4. The van der Waals surface area contributed by atoms with E-state index in [1.54, 1.807) is 0 Å². The molecule has 27 heavy (non-hydrogen) atoms. The lowest BCUT2D eigenvalue weighted by atomic mass is 10.1. The maximum absolute atomic E-state index is 4.77. The Labute approximate surface area is 183 Å². The van der Waals surface area contributed by atoms with Crippen molar-refractivity contribution in [2.24, 2.45) is 18.0 Å². The number of rotatable bonds is 7. The summed E-state index contributed by atoms with van der Waals surface area (Å²) in [6.45, 7) is 5.70. The Balaban J connectivity index is 0.00000261. The van der Waals surface area contributed by atoms with E-state index in [9.17, 15) is 0 Å². The van der Waals surface area contributed by atoms with Crippen molar-refractivity contribution in [3.05, 3.63) is 34.0 Å². The molecule has 0 bridgehead atoms. The second-order valence-electron chi connectivity index (χ2n) is 7.28. The molecule has 0 aliphatic heterocycles. The Kier molecular flexibility index (Phi) is 9.01. The summed E-state index contributed by atoms with van der Waals surface area (Å²) < 4.78 is 2.00. The van der Waals surface area contributed by atoms with Crippen LogP contribution in [0.5, 0.6) is 0 Å². The van der Waals surface area contributed by atoms with Crippen molar-refractivity contribution in [3.8, 4) is 0 Å². The van der Waals surface area contributed by atoms with Gasteiger partial charge in [0.15, 0.2) is 11.8 Å². The average molecular weight is 502 g/mol. The smallest absolute Gasteiger partial charge is 0.191 e. The molecule has 2 heterocycles. The molecule has 2 aromatic heterocycles. The second-order valence-corrected chi connectivity index (χ2v) is 8.31. The molecule has 0 saturated heterocycles. The van der Waals surface area contributed by atoms with Crippen LogP contribution in [0.15, 0.2) is 22.5 Å². The van der Waals surface area contributed by atoms with Crippen LogP contribution >= 0.6 is 35.3 Å². The predicted octanol–water partition coefficient (Wildman–Crippen LogP) is 3.66. The molecule has 3 rings (SSSR count). The predicted molar refractivity (Wildman–Crippen MR) is 123 cm³/mol. The van der Waals surface area contributed by atoms with Crippen LogP contribution in [-0.4, -0.2) is 33.3 Å². The minimum absolute atomic E-state index is 0. The van der Waals surface area contributed by atoms with Gasteiger partial charge >= 0.3 is 0 Å². The Morgan fingerprint density at radius 3 is 2.78 bits per heavy atom. The van der Waals surface area contributed by atoms with Crippen molar-refractivity contribution in [2.75, 3.05) is 6.54 Å². The van der Waals surface area contributed by atoms with E-state index in [2.05, 4.69) is 45.3 Å². The molecular weight excluding hydrogens is 471 g/mol. The quantitative estimate of drug-likeness (QED) is 0.345. The molecule has 1 aliphatic carbocycles. The highest BCUT2D eigenvalue weighted by Crippen LogP contribution is 2.17. The zero-order valence-electron chi connectivity index (χ0n) is 16.4. The lowest BCUT2D eigenvalue weighted by Crippen LogP contribution is -2.44. The van der Waals surface area contributed by atoms with E-state index in [1.807, 2.05) is 29.9 Å². The van der Waals surface area contributed by atoms with Gasteiger partial charge in [-0.1, -0.05) is 25.8 Å². The van der Waals surface area contributed by atoms with Crippen LogP contribution in [0.2, 0.25) is 0 Å². The molecule has 1 aliphatic rings. The van der Waals surface area contributed by atoms with Crippen molar-refractivity contribution in [2.45, 2.75) is 58.5 Å². The van der Waals surface area contributed by atoms with Crippen LogP contribution < -0.4 is 10.6 Å². The van der Waals surface area contributed by atoms with Gasteiger partial charge in [0.2, 0.25) is 0 Å². The third-order valence-electron chi connectivity index (χ3n) is 5.01. The number of hydrogen-bond acceptors (Lipinski definition) is 4. The van der Waals surface area contributed by atoms with E-state index in [1.165, 1.54) is 30.6 Å². The third kappa shape index (κ3) is 6.74. The van der Waals surface area contributed by atoms with Gasteiger partial charge in [-0.05, 0) is 43.6 Å². The van der Waals surface area contributed by atoms with Crippen molar-refractivity contribution in [3.63, 3.8) is 0 Å². The van der Waals surface area contributed by atoms with E-state index >= 15 is 0 Å². The van der Waals surface area contributed by atoms with Gasteiger partial charge in [0.25, 0.3) is 0 Å². The van der Waals surface area contributed by atoms with Gasteiger partial charge in [0.05, 0.1) is 0 Å². The highest BCUT2D eigenvalue weighted by Gasteiger charge is 2.17. The number of aromatic nitrogens is 3. The number of nitrogens with one attached hydrogen (secondary N) is 2. The van der Waals surface area contributed by atoms with Gasteiger partial charge in [-0.2, -0.15) is 0 Å². The SMILES string of the molecule is Cc1nnc(CN=C(NCC(C)Cc2cccs2)NC2CCCC2)n1C.I. The van der Waals surface area contributed by atoms with Gasteiger partial charge < -0.3 is 15.2 Å². The monoisotopic (exact) mass is 502 g/mol. The minimum atomic E-state index is 0. The first-order chi connectivity index (χ1) is 12.6. The molecule has 1 unspecified atom stereocenters. The summed E-state index contributed by atoms with van der Waals surface area (Å²) in [7, 11) is 1.99. The lowest BCUT2D eigenvalue weighted by Gasteiger charge is -2.19. The van der Waals surface area contributed by atoms with E-state index in [-0.39, 0.29) is 24.0 Å². The Morgan fingerprint density at radius 1 is 1.37 bits per heavy atom. The molecule has 1 fully saturated rings. The highest BCUT2D eigenvalue weighted by atomic mass is 127. The normalized spacial score (nSPS) is 16.2. The first kappa shape index (κ1) is 22.1. The Bertz CT molecular complexity index is 706. The molecule has 0 radical (unpaired) electrons. The van der Waals surface area contributed by atoms with E-state index in [0.717, 1.165) is 30.6 Å². The fourth-order valence-corrected chi connectivity index (χ4v) is 4.14. The van der Waals surface area contributed by atoms with E-state index < -0.39 is 0 Å². The number of guanidine groups is 1. The first-order valence-electron chi connectivity index (χ1n) is 9.54. The zero-order valence-corrected chi connectivity index (χ0v) is 19.6.